The first kappa shape index (κ1) is 18.2. The maximum Gasteiger partial charge on any atom is 0.256 e. The number of carbonyl (C=O) groups is 1. The summed E-state index contributed by atoms with van der Waals surface area (Å²) in [7, 11) is 0. The Morgan fingerprint density at radius 2 is 1.96 bits per heavy atom. The van der Waals surface area contributed by atoms with Crippen molar-refractivity contribution in [1.82, 2.24) is 14.8 Å². The third-order valence-corrected chi connectivity index (χ3v) is 3.97. The monoisotopic (exact) mass is 390 g/mol. The highest BCUT2D eigenvalue weighted by Gasteiger charge is 2.15. The Morgan fingerprint density at radius 1 is 1.23 bits per heavy atom. The first-order valence-corrected chi connectivity index (χ1v) is 8.66. The highest BCUT2D eigenvalue weighted by molar-refractivity contribution is 6.35. The molecule has 0 aliphatic rings. The second-order valence-electron chi connectivity index (χ2n) is 5.45. The zero-order valence-electron chi connectivity index (χ0n) is 14.2. The third kappa shape index (κ3) is 3.98. The Labute approximate surface area is 160 Å². The Morgan fingerprint density at radius 3 is 2.62 bits per heavy atom. The number of nitrogens with one attached hydrogen (secondary N) is 1. The van der Waals surface area contributed by atoms with Crippen LogP contribution in [0.5, 0.6) is 5.75 Å². The van der Waals surface area contributed by atoms with E-state index in [-0.39, 0.29) is 5.91 Å². The average Bonchev–Trinajstić information content (AvgIpc) is 2.96. The molecule has 0 aliphatic carbocycles. The number of aromatic nitrogens is 3. The van der Waals surface area contributed by atoms with Gasteiger partial charge < -0.3 is 10.1 Å². The molecule has 3 rings (SSSR count). The van der Waals surface area contributed by atoms with Gasteiger partial charge in [0.05, 0.1) is 22.3 Å². The van der Waals surface area contributed by atoms with E-state index in [0.29, 0.717) is 45.3 Å². The Balaban J connectivity index is 1.87. The number of pyridine rings is 1. The number of benzene rings is 1. The summed E-state index contributed by atoms with van der Waals surface area (Å²) in [5, 5.41) is 7.93. The fourth-order valence-corrected chi connectivity index (χ4v) is 2.83. The number of amides is 1. The van der Waals surface area contributed by atoms with E-state index >= 15 is 0 Å². The van der Waals surface area contributed by atoms with Crippen molar-refractivity contribution in [3.05, 3.63) is 63.9 Å². The van der Waals surface area contributed by atoms with Crippen LogP contribution in [0.3, 0.4) is 0 Å². The first-order valence-electron chi connectivity index (χ1n) is 7.90. The number of aryl methyl sites for hydroxylation is 1. The molecular formula is C18H16Cl2N4O2. The van der Waals surface area contributed by atoms with E-state index in [0.717, 1.165) is 0 Å². The summed E-state index contributed by atoms with van der Waals surface area (Å²) < 4.78 is 6.86. The van der Waals surface area contributed by atoms with Crippen LogP contribution in [0.1, 0.15) is 23.0 Å². The molecule has 0 aliphatic heterocycles. The van der Waals surface area contributed by atoms with Crippen molar-refractivity contribution in [1.29, 1.82) is 0 Å². The SMILES string of the molecule is CCOc1ccc(C(=O)Nc2cc(C)nn2-c2ncc(Cl)cc2Cl)cc1. The lowest BCUT2D eigenvalue weighted by Gasteiger charge is -2.10. The smallest absolute Gasteiger partial charge is 0.256 e. The molecule has 0 spiro atoms. The topological polar surface area (TPSA) is 69.0 Å². The molecule has 0 bridgehead atoms. The number of halogens is 2. The molecule has 0 atom stereocenters. The van der Waals surface area contributed by atoms with Crippen molar-refractivity contribution in [2.75, 3.05) is 11.9 Å². The molecule has 0 unspecified atom stereocenters. The molecule has 1 amide bonds. The summed E-state index contributed by atoms with van der Waals surface area (Å²) in [4.78, 5) is 16.8. The number of nitrogens with zero attached hydrogens (tertiary/aromatic N) is 3. The summed E-state index contributed by atoms with van der Waals surface area (Å²) in [6.07, 6.45) is 1.47. The largest absolute Gasteiger partial charge is 0.494 e. The van der Waals surface area contributed by atoms with Gasteiger partial charge in [-0.05, 0) is 44.2 Å². The van der Waals surface area contributed by atoms with Crippen molar-refractivity contribution < 1.29 is 9.53 Å². The minimum atomic E-state index is -0.278. The summed E-state index contributed by atoms with van der Waals surface area (Å²) in [6.45, 7) is 4.28. The molecule has 0 saturated carbocycles. The third-order valence-electron chi connectivity index (χ3n) is 3.49. The molecule has 0 saturated heterocycles. The van der Waals surface area contributed by atoms with Gasteiger partial charge in [0, 0.05) is 17.8 Å². The normalized spacial score (nSPS) is 10.6. The molecule has 8 heteroatoms. The minimum absolute atomic E-state index is 0.278. The van der Waals surface area contributed by atoms with E-state index < -0.39 is 0 Å². The number of hydrogen-bond donors (Lipinski definition) is 1. The predicted molar refractivity (Wildman–Crippen MR) is 102 cm³/mol. The van der Waals surface area contributed by atoms with Crippen molar-refractivity contribution in [3.63, 3.8) is 0 Å². The lowest BCUT2D eigenvalue weighted by molar-refractivity contribution is 0.102. The van der Waals surface area contributed by atoms with Gasteiger partial charge >= 0.3 is 0 Å². The maximum atomic E-state index is 12.5. The molecule has 1 aromatic carbocycles. The van der Waals surface area contributed by atoms with Crippen LogP contribution in [0, 0.1) is 6.92 Å². The van der Waals surface area contributed by atoms with Crippen molar-refractivity contribution in [3.8, 4) is 11.6 Å². The van der Waals surface area contributed by atoms with Gasteiger partial charge in [-0.3, -0.25) is 4.79 Å². The highest BCUT2D eigenvalue weighted by Crippen LogP contribution is 2.25. The van der Waals surface area contributed by atoms with Gasteiger partial charge in [-0.1, -0.05) is 23.2 Å². The average molecular weight is 391 g/mol. The number of carbonyl (C=O) groups excluding carboxylic acids is 1. The lowest BCUT2D eigenvalue weighted by atomic mass is 10.2. The molecule has 1 N–H and O–H groups in total. The van der Waals surface area contributed by atoms with Crippen LogP contribution in [-0.2, 0) is 0 Å². The van der Waals surface area contributed by atoms with Crippen LogP contribution in [-0.4, -0.2) is 27.3 Å². The van der Waals surface area contributed by atoms with Crippen molar-refractivity contribution >= 4 is 34.9 Å². The molecule has 0 radical (unpaired) electrons. The highest BCUT2D eigenvalue weighted by atomic mass is 35.5. The Bertz CT molecular complexity index is 939. The van der Waals surface area contributed by atoms with E-state index in [4.69, 9.17) is 27.9 Å². The van der Waals surface area contributed by atoms with Gasteiger partial charge in [0.15, 0.2) is 5.82 Å². The minimum Gasteiger partial charge on any atom is -0.494 e. The van der Waals surface area contributed by atoms with Crippen LogP contribution in [0.25, 0.3) is 5.82 Å². The van der Waals surface area contributed by atoms with E-state index in [2.05, 4.69) is 15.4 Å². The fraction of sp³-hybridized carbons (Fsp3) is 0.167. The van der Waals surface area contributed by atoms with Crippen LogP contribution < -0.4 is 10.1 Å². The second-order valence-corrected chi connectivity index (χ2v) is 6.30. The van der Waals surface area contributed by atoms with Crippen LogP contribution in [0.4, 0.5) is 5.82 Å². The molecular weight excluding hydrogens is 375 g/mol. The molecule has 2 aromatic heterocycles. The van der Waals surface area contributed by atoms with Gasteiger partial charge in [-0.25, -0.2) is 4.98 Å². The molecule has 0 fully saturated rings. The summed E-state index contributed by atoms with van der Waals surface area (Å²) in [6, 6.07) is 10.2. The maximum absolute atomic E-state index is 12.5. The van der Waals surface area contributed by atoms with Crippen LogP contribution in [0.15, 0.2) is 42.6 Å². The standard InChI is InChI=1S/C18H16Cl2N4O2/c1-3-26-14-6-4-12(5-7-14)18(25)22-16-8-11(2)23-24(16)17-15(20)9-13(19)10-21-17/h4-10H,3H2,1-2H3,(H,22,25). The molecule has 3 aromatic rings. The fourth-order valence-electron chi connectivity index (χ4n) is 2.37. The zero-order chi connectivity index (χ0) is 18.7. The lowest BCUT2D eigenvalue weighted by Crippen LogP contribution is -2.15. The van der Waals surface area contributed by atoms with E-state index in [9.17, 15) is 4.79 Å². The van der Waals surface area contributed by atoms with Crippen molar-refractivity contribution in [2.24, 2.45) is 0 Å². The van der Waals surface area contributed by atoms with E-state index in [1.54, 1.807) is 36.4 Å². The van der Waals surface area contributed by atoms with Gasteiger partial charge in [0.25, 0.3) is 5.91 Å². The van der Waals surface area contributed by atoms with Crippen LogP contribution >= 0.6 is 23.2 Å². The van der Waals surface area contributed by atoms with Gasteiger partial charge in [0.2, 0.25) is 0 Å². The molecule has 2 heterocycles. The second kappa shape index (κ2) is 7.76. The van der Waals surface area contributed by atoms with Crippen LogP contribution in [0.2, 0.25) is 10.0 Å². The molecule has 26 heavy (non-hydrogen) atoms. The number of hydrogen-bond acceptors (Lipinski definition) is 4. The van der Waals surface area contributed by atoms with Gasteiger partial charge in [0.1, 0.15) is 11.6 Å². The number of anilines is 1. The molecule has 134 valence electrons. The molecule has 6 nitrogen and oxygen atoms in total. The van der Waals surface area contributed by atoms with E-state index in [1.165, 1.54) is 10.9 Å². The Kier molecular flexibility index (Phi) is 5.44. The Hall–Kier alpha value is -2.57. The quantitative estimate of drug-likeness (QED) is 0.694. The summed E-state index contributed by atoms with van der Waals surface area (Å²) >= 11 is 12.1. The first-order chi connectivity index (χ1) is 12.5. The zero-order valence-corrected chi connectivity index (χ0v) is 15.7. The number of rotatable bonds is 5. The number of ether oxygens (including phenoxy) is 1. The van der Waals surface area contributed by atoms with Crippen molar-refractivity contribution in [2.45, 2.75) is 13.8 Å². The summed E-state index contributed by atoms with van der Waals surface area (Å²) in [5.41, 5.74) is 1.20. The predicted octanol–water partition coefficient (Wildman–Crippen LogP) is 4.53. The summed E-state index contributed by atoms with van der Waals surface area (Å²) in [5.74, 6) is 1.27. The van der Waals surface area contributed by atoms with Gasteiger partial charge in [-0.15, -0.1) is 0 Å². The van der Waals surface area contributed by atoms with Gasteiger partial charge in [-0.2, -0.15) is 9.78 Å². The van der Waals surface area contributed by atoms with E-state index in [1.807, 2.05) is 13.8 Å².